The maximum absolute atomic E-state index is 14.6. The second kappa shape index (κ2) is 16.1. The maximum atomic E-state index is 14.6. The van der Waals surface area contributed by atoms with E-state index in [0.717, 1.165) is 16.7 Å². The largest absolute Gasteiger partial charge is 0.458 e. The highest BCUT2D eigenvalue weighted by Gasteiger charge is 2.41. The van der Waals surface area contributed by atoms with Crippen molar-refractivity contribution in [2.24, 2.45) is 5.92 Å². The lowest BCUT2D eigenvalue weighted by atomic mass is 9.94. The number of nitrogens with zero attached hydrogens (tertiary/aromatic N) is 1. The van der Waals surface area contributed by atoms with Gasteiger partial charge in [0.25, 0.3) is 0 Å². The van der Waals surface area contributed by atoms with Gasteiger partial charge in [-0.3, -0.25) is 9.59 Å². The molecule has 0 aromatic heterocycles. The number of hydrogen-bond donors (Lipinski definition) is 2. The van der Waals surface area contributed by atoms with Gasteiger partial charge in [-0.25, -0.2) is 9.59 Å². The molecule has 0 radical (unpaired) electrons. The summed E-state index contributed by atoms with van der Waals surface area (Å²) < 4.78 is 11.2. The van der Waals surface area contributed by atoms with E-state index in [2.05, 4.69) is 10.6 Å². The summed E-state index contributed by atoms with van der Waals surface area (Å²) >= 11 is 0. The van der Waals surface area contributed by atoms with Gasteiger partial charge in [-0.2, -0.15) is 0 Å². The second-order valence-corrected chi connectivity index (χ2v) is 14.4. The van der Waals surface area contributed by atoms with Crippen LogP contribution in [0.4, 0.5) is 4.79 Å². The predicted molar refractivity (Wildman–Crippen MR) is 181 cm³/mol. The molecule has 4 unspecified atom stereocenters. The first-order valence-electron chi connectivity index (χ1n) is 16.2. The van der Waals surface area contributed by atoms with Gasteiger partial charge in [-0.15, -0.1) is 0 Å². The first kappa shape index (κ1) is 38.3. The minimum Gasteiger partial charge on any atom is -0.458 e. The molecule has 4 atom stereocenters. The first-order chi connectivity index (χ1) is 21.2. The van der Waals surface area contributed by atoms with Gasteiger partial charge >= 0.3 is 12.1 Å². The Labute approximate surface area is 275 Å². The third kappa shape index (κ3) is 11.5. The summed E-state index contributed by atoms with van der Waals surface area (Å²) in [5.41, 5.74) is 1.89. The van der Waals surface area contributed by atoms with Gasteiger partial charge in [0, 0.05) is 12.5 Å². The molecule has 46 heavy (non-hydrogen) atoms. The Morgan fingerprint density at radius 1 is 0.804 bits per heavy atom. The molecule has 2 aromatic rings. The average molecular weight is 638 g/mol. The van der Waals surface area contributed by atoms with Crippen molar-refractivity contribution in [3.05, 3.63) is 70.8 Å². The van der Waals surface area contributed by atoms with Crippen molar-refractivity contribution in [3.8, 4) is 0 Å². The van der Waals surface area contributed by atoms with Gasteiger partial charge < -0.3 is 25.0 Å². The maximum Gasteiger partial charge on any atom is 0.408 e. The molecule has 0 spiro atoms. The first-order valence-corrected chi connectivity index (χ1v) is 16.2. The molecule has 0 aliphatic rings. The van der Waals surface area contributed by atoms with Crippen LogP contribution in [0.3, 0.4) is 0 Å². The summed E-state index contributed by atoms with van der Waals surface area (Å²) in [5.74, 6) is -1.84. The number of carbonyl (C=O) groups is 4. The normalized spacial score (nSPS) is 14.5. The van der Waals surface area contributed by atoms with Gasteiger partial charge in [0.15, 0.2) is 0 Å². The molecule has 2 N–H and O–H groups in total. The van der Waals surface area contributed by atoms with Crippen LogP contribution in [-0.4, -0.2) is 58.1 Å². The summed E-state index contributed by atoms with van der Waals surface area (Å²) in [6, 6.07) is 11.5. The molecule has 254 valence electrons. The molecule has 0 aliphatic carbocycles. The Hall–Kier alpha value is -3.88. The third-order valence-electron chi connectivity index (χ3n) is 7.59. The molecule has 0 aliphatic heterocycles. The number of nitrogens with one attached hydrogen (secondary N) is 2. The van der Waals surface area contributed by atoms with Crippen LogP contribution in [0.1, 0.15) is 104 Å². The van der Waals surface area contributed by atoms with Crippen LogP contribution in [0.2, 0.25) is 0 Å². The molecular formula is C37H55N3O6. The Morgan fingerprint density at radius 2 is 1.39 bits per heavy atom. The number of hydrogen-bond acceptors (Lipinski definition) is 6. The molecule has 0 fully saturated rings. The molecule has 0 heterocycles. The zero-order valence-electron chi connectivity index (χ0n) is 29.8. The second-order valence-electron chi connectivity index (χ2n) is 14.4. The molecule has 2 rings (SSSR count). The van der Waals surface area contributed by atoms with Crippen LogP contribution in [0.15, 0.2) is 48.5 Å². The Balaban J connectivity index is 2.66. The van der Waals surface area contributed by atoms with Gasteiger partial charge in [0.1, 0.15) is 29.3 Å². The van der Waals surface area contributed by atoms with Crippen LogP contribution >= 0.6 is 0 Å². The quantitative estimate of drug-likeness (QED) is 0.254. The van der Waals surface area contributed by atoms with Crippen LogP contribution in [0, 0.1) is 19.8 Å². The SMILES string of the molecule is CCC(C)N(C(=O)C(NC(=O)OC(C)(C)C)C(C)C)C(C(=O)NC(Cc1ccccc1)C(=O)OC(C)(C)C)c1ccc(C)c(C)c1. The Morgan fingerprint density at radius 3 is 1.89 bits per heavy atom. The van der Waals surface area contributed by atoms with Crippen molar-refractivity contribution in [1.82, 2.24) is 15.5 Å². The lowest BCUT2D eigenvalue weighted by Crippen LogP contribution is -2.58. The van der Waals surface area contributed by atoms with E-state index in [0.29, 0.717) is 12.0 Å². The number of benzene rings is 2. The monoisotopic (exact) mass is 637 g/mol. The van der Waals surface area contributed by atoms with E-state index < -0.39 is 59.2 Å². The van der Waals surface area contributed by atoms with Gasteiger partial charge in [-0.05, 0) is 96.9 Å². The molecule has 0 bridgehead atoms. The van der Waals surface area contributed by atoms with Crippen LogP contribution < -0.4 is 10.6 Å². The minimum absolute atomic E-state index is 0.202. The van der Waals surface area contributed by atoms with E-state index in [1.807, 2.05) is 90.1 Å². The molecule has 0 saturated heterocycles. The van der Waals surface area contributed by atoms with E-state index in [1.165, 1.54) is 4.90 Å². The van der Waals surface area contributed by atoms with Crippen molar-refractivity contribution in [2.75, 3.05) is 0 Å². The van der Waals surface area contributed by atoms with Crippen molar-refractivity contribution in [1.29, 1.82) is 0 Å². The van der Waals surface area contributed by atoms with Crippen molar-refractivity contribution in [3.63, 3.8) is 0 Å². The summed E-state index contributed by atoms with van der Waals surface area (Å²) in [6.07, 6.45) is 0.0216. The average Bonchev–Trinajstić information content (AvgIpc) is 2.93. The number of amides is 3. The summed E-state index contributed by atoms with van der Waals surface area (Å²) in [4.78, 5) is 57.0. The van der Waals surface area contributed by atoms with E-state index in [-0.39, 0.29) is 12.3 Å². The highest BCUT2D eigenvalue weighted by atomic mass is 16.6. The lowest BCUT2D eigenvalue weighted by Gasteiger charge is -2.39. The summed E-state index contributed by atoms with van der Waals surface area (Å²) in [5, 5.41) is 5.71. The summed E-state index contributed by atoms with van der Waals surface area (Å²) in [6.45, 7) is 22.0. The number of ether oxygens (including phenoxy) is 2. The lowest BCUT2D eigenvalue weighted by molar-refractivity contribution is -0.159. The number of esters is 1. The highest BCUT2D eigenvalue weighted by Crippen LogP contribution is 2.29. The van der Waals surface area contributed by atoms with E-state index >= 15 is 0 Å². The van der Waals surface area contributed by atoms with Crippen LogP contribution in [0.25, 0.3) is 0 Å². The highest BCUT2D eigenvalue weighted by molar-refractivity contribution is 5.94. The number of rotatable bonds is 12. The van der Waals surface area contributed by atoms with Gasteiger partial charge in [-0.1, -0.05) is 69.3 Å². The predicted octanol–water partition coefficient (Wildman–Crippen LogP) is 6.59. The Kier molecular flexibility index (Phi) is 13.4. The van der Waals surface area contributed by atoms with E-state index in [1.54, 1.807) is 41.5 Å². The zero-order chi connectivity index (χ0) is 35.0. The van der Waals surface area contributed by atoms with Crippen molar-refractivity contribution >= 4 is 23.9 Å². The summed E-state index contributed by atoms with van der Waals surface area (Å²) in [7, 11) is 0. The fraction of sp³-hybridized carbons (Fsp3) is 0.568. The van der Waals surface area contributed by atoms with Crippen LogP contribution in [-0.2, 0) is 30.3 Å². The molecule has 9 heteroatoms. The minimum atomic E-state index is -1.11. The van der Waals surface area contributed by atoms with Gasteiger partial charge in [0.05, 0.1) is 0 Å². The zero-order valence-corrected chi connectivity index (χ0v) is 29.8. The standard InChI is InChI=1S/C37H55N3O6/c1-13-26(6)40(33(42)30(23(2)3)39-35(44)46-37(10,11)12)31(28-20-19-24(4)25(5)21-28)32(41)38-29(34(43)45-36(7,8)9)22-27-17-15-14-16-18-27/h14-21,23,26,29-31H,13,22H2,1-12H3,(H,38,41)(H,39,44). The fourth-order valence-electron chi connectivity index (χ4n) is 4.94. The Bertz CT molecular complexity index is 1340. The number of aryl methyl sites for hydroxylation is 2. The molecule has 2 aromatic carbocycles. The molecule has 0 saturated carbocycles. The van der Waals surface area contributed by atoms with Crippen LogP contribution in [0.5, 0.6) is 0 Å². The smallest absolute Gasteiger partial charge is 0.408 e. The van der Waals surface area contributed by atoms with Gasteiger partial charge in [0.2, 0.25) is 11.8 Å². The molecule has 3 amide bonds. The van der Waals surface area contributed by atoms with E-state index in [9.17, 15) is 19.2 Å². The number of alkyl carbamates (subject to hydrolysis) is 1. The number of carbonyl (C=O) groups excluding carboxylic acids is 4. The van der Waals surface area contributed by atoms with Crippen molar-refractivity contribution in [2.45, 2.75) is 131 Å². The molecular weight excluding hydrogens is 582 g/mol. The topological polar surface area (TPSA) is 114 Å². The van der Waals surface area contributed by atoms with Crippen molar-refractivity contribution < 1.29 is 28.7 Å². The van der Waals surface area contributed by atoms with E-state index in [4.69, 9.17) is 9.47 Å². The fourth-order valence-corrected chi connectivity index (χ4v) is 4.94. The third-order valence-corrected chi connectivity index (χ3v) is 7.59. The molecule has 9 nitrogen and oxygen atoms in total.